The number of esters is 1. The molecule has 0 aliphatic carbocycles. The van der Waals surface area contributed by atoms with Crippen molar-refractivity contribution in [2.24, 2.45) is 0 Å². The van der Waals surface area contributed by atoms with Gasteiger partial charge >= 0.3 is 5.97 Å². The number of nitrogens with zero attached hydrogens (tertiary/aromatic N) is 2. The number of fused-ring (bicyclic) bond motifs is 1. The summed E-state index contributed by atoms with van der Waals surface area (Å²) < 4.78 is 5.41. The van der Waals surface area contributed by atoms with Crippen molar-refractivity contribution in [1.82, 2.24) is 4.90 Å². The van der Waals surface area contributed by atoms with Crippen LogP contribution >= 0.6 is 0 Å². The maximum atomic E-state index is 11.9. The van der Waals surface area contributed by atoms with Crippen LogP contribution in [0, 0.1) is 0 Å². The van der Waals surface area contributed by atoms with Gasteiger partial charge < -0.3 is 14.5 Å². The van der Waals surface area contributed by atoms with Crippen LogP contribution in [0.5, 0.6) is 0 Å². The minimum atomic E-state index is -0.255. The van der Waals surface area contributed by atoms with E-state index in [0.717, 1.165) is 31.7 Å². The minimum absolute atomic E-state index is 0.255. The summed E-state index contributed by atoms with van der Waals surface area (Å²) in [7, 11) is 0. The fraction of sp³-hybridized carbons (Fsp3) is 0.211. The molecule has 4 rings (SSSR count). The van der Waals surface area contributed by atoms with Crippen LogP contribution in [-0.2, 0) is 4.74 Å². The molecule has 2 aromatic rings. The molecule has 4 heteroatoms. The predicted molar refractivity (Wildman–Crippen MR) is 90.1 cm³/mol. The van der Waals surface area contributed by atoms with E-state index in [4.69, 9.17) is 4.74 Å². The van der Waals surface area contributed by atoms with E-state index in [1.165, 1.54) is 5.69 Å². The molecule has 0 unspecified atom stereocenters. The van der Waals surface area contributed by atoms with Crippen LogP contribution in [0.4, 0.5) is 5.69 Å². The molecule has 1 saturated heterocycles. The van der Waals surface area contributed by atoms with Crippen LogP contribution < -0.4 is 4.90 Å². The molecule has 2 aromatic carbocycles. The van der Waals surface area contributed by atoms with Crippen LogP contribution in [-0.4, -0.2) is 37.0 Å². The quantitative estimate of drug-likeness (QED) is 0.799. The Hall–Kier alpha value is -2.75. The molecule has 0 atom stereocenters. The zero-order chi connectivity index (χ0) is 15.6. The smallest absolute Gasteiger partial charge is 0.344 e. The molecular formula is C19H18N2O2. The first-order valence-corrected chi connectivity index (χ1v) is 7.89. The van der Waals surface area contributed by atoms with Crippen molar-refractivity contribution in [2.45, 2.75) is 0 Å². The summed E-state index contributed by atoms with van der Waals surface area (Å²) in [6.07, 6.45) is 1.98. The first-order chi connectivity index (χ1) is 11.3. The lowest BCUT2D eigenvalue weighted by Crippen LogP contribution is -2.44. The van der Waals surface area contributed by atoms with E-state index in [-0.39, 0.29) is 5.97 Å². The topological polar surface area (TPSA) is 32.8 Å². The van der Waals surface area contributed by atoms with Crippen molar-refractivity contribution in [2.75, 3.05) is 31.1 Å². The van der Waals surface area contributed by atoms with Gasteiger partial charge in [0.05, 0.1) is 5.56 Å². The average molecular weight is 306 g/mol. The Bertz CT molecular complexity index is 747. The average Bonchev–Trinajstić information content (AvgIpc) is 2.93. The summed E-state index contributed by atoms with van der Waals surface area (Å²) in [5, 5.41) is 0. The lowest BCUT2D eigenvalue weighted by Gasteiger charge is -2.35. The number of hydrogen-bond acceptors (Lipinski definition) is 4. The molecule has 1 fully saturated rings. The number of cyclic esters (lactones) is 1. The van der Waals surface area contributed by atoms with Gasteiger partial charge in [0.15, 0.2) is 5.76 Å². The van der Waals surface area contributed by atoms with E-state index in [2.05, 4.69) is 34.1 Å². The number of rotatable bonds is 2. The summed E-state index contributed by atoms with van der Waals surface area (Å²) in [5.41, 5.74) is 2.81. The van der Waals surface area contributed by atoms with Gasteiger partial charge in [0.25, 0.3) is 0 Å². The molecule has 0 radical (unpaired) electrons. The molecule has 23 heavy (non-hydrogen) atoms. The van der Waals surface area contributed by atoms with Crippen molar-refractivity contribution in [1.29, 1.82) is 0 Å². The highest BCUT2D eigenvalue weighted by atomic mass is 16.5. The molecule has 0 spiro atoms. The maximum Gasteiger partial charge on any atom is 0.344 e. The molecular weight excluding hydrogens is 288 g/mol. The molecule has 0 bridgehead atoms. The first kappa shape index (κ1) is 13.9. The summed E-state index contributed by atoms with van der Waals surface area (Å²) in [6, 6.07) is 18.0. The van der Waals surface area contributed by atoms with Gasteiger partial charge in [0.2, 0.25) is 0 Å². The second kappa shape index (κ2) is 5.80. The number of anilines is 1. The SMILES string of the molecule is O=C1O/C(=C\N2CCN(c3ccccc3)CC2)c2ccccc21. The largest absolute Gasteiger partial charge is 0.421 e. The number of carbonyl (C=O) groups excluding carboxylic acids is 1. The Labute approximate surface area is 135 Å². The van der Waals surface area contributed by atoms with Gasteiger partial charge in [0, 0.05) is 43.6 Å². The van der Waals surface area contributed by atoms with Gasteiger partial charge in [-0.3, -0.25) is 0 Å². The molecule has 116 valence electrons. The first-order valence-electron chi connectivity index (χ1n) is 7.89. The van der Waals surface area contributed by atoms with Gasteiger partial charge in [-0.2, -0.15) is 0 Å². The Morgan fingerprint density at radius 2 is 1.48 bits per heavy atom. The number of benzene rings is 2. The van der Waals surface area contributed by atoms with E-state index >= 15 is 0 Å². The zero-order valence-corrected chi connectivity index (χ0v) is 12.8. The van der Waals surface area contributed by atoms with Crippen LogP contribution in [0.3, 0.4) is 0 Å². The van der Waals surface area contributed by atoms with E-state index in [1.807, 2.05) is 36.5 Å². The van der Waals surface area contributed by atoms with Crippen LogP contribution in [0.1, 0.15) is 15.9 Å². The van der Waals surface area contributed by atoms with Gasteiger partial charge in [-0.15, -0.1) is 0 Å². The van der Waals surface area contributed by atoms with Crippen molar-refractivity contribution in [3.63, 3.8) is 0 Å². The predicted octanol–water partition coefficient (Wildman–Crippen LogP) is 2.98. The number of carbonyl (C=O) groups is 1. The van der Waals surface area contributed by atoms with Crippen molar-refractivity contribution < 1.29 is 9.53 Å². The van der Waals surface area contributed by atoms with E-state index in [9.17, 15) is 4.79 Å². The third kappa shape index (κ3) is 2.68. The Morgan fingerprint density at radius 3 is 2.22 bits per heavy atom. The maximum absolute atomic E-state index is 11.9. The monoisotopic (exact) mass is 306 g/mol. The molecule has 2 heterocycles. The van der Waals surface area contributed by atoms with Crippen LogP contribution in [0.2, 0.25) is 0 Å². The van der Waals surface area contributed by atoms with Crippen molar-refractivity contribution >= 4 is 17.4 Å². The highest BCUT2D eigenvalue weighted by Gasteiger charge is 2.27. The number of piperazine rings is 1. The molecule has 0 N–H and O–H groups in total. The Balaban J connectivity index is 1.47. The summed E-state index contributed by atoms with van der Waals surface area (Å²) >= 11 is 0. The van der Waals surface area contributed by atoms with Crippen molar-refractivity contribution in [3.05, 3.63) is 71.9 Å². The highest BCUT2D eigenvalue weighted by Crippen LogP contribution is 2.30. The summed E-state index contributed by atoms with van der Waals surface area (Å²) in [6.45, 7) is 3.75. The summed E-state index contributed by atoms with van der Waals surface area (Å²) in [4.78, 5) is 16.5. The van der Waals surface area contributed by atoms with E-state index in [0.29, 0.717) is 11.3 Å². The van der Waals surface area contributed by atoms with E-state index in [1.54, 1.807) is 0 Å². The summed E-state index contributed by atoms with van der Waals surface area (Å²) in [5.74, 6) is 0.411. The molecule has 4 nitrogen and oxygen atoms in total. The minimum Gasteiger partial charge on any atom is -0.421 e. The molecule has 2 aliphatic rings. The molecule has 0 aromatic heterocycles. The number of para-hydroxylation sites is 1. The second-order valence-electron chi connectivity index (χ2n) is 5.79. The van der Waals surface area contributed by atoms with Crippen LogP contribution in [0.25, 0.3) is 5.76 Å². The normalized spacial score (nSPS) is 19.0. The fourth-order valence-electron chi connectivity index (χ4n) is 3.10. The third-order valence-electron chi connectivity index (χ3n) is 4.35. The lowest BCUT2D eigenvalue weighted by atomic mass is 10.1. The van der Waals surface area contributed by atoms with Gasteiger partial charge in [-0.1, -0.05) is 36.4 Å². The third-order valence-corrected chi connectivity index (χ3v) is 4.35. The standard InChI is InChI=1S/C19H18N2O2/c22-19-17-9-5-4-8-16(17)18(23-19)14-20-10-12-21(13-11-20)15-6-2-1-3-7-15/h1-9,14H,10-13H2/b18-14-. The van der Waals surface area contributed by atoms with Gasteiger partial charge in [-0.25, -0.2) is 4.79 Å². The zero-order valence-electron chi connectivity index (χ0n) is 12.8. The lowest BCUT2D eigenvalue weighted by molar-refractivity contribution is 0.0713. The molecule has 0 saturated carbocycles. The Kier molecular flexibility index (Phi) is 3.50. The number of hydrogen-bond donors (Lipinski definition) is 0. The Morgan fingerprint density at radius 1 is 0.826 bits per heavy atom. The number of ether oxygens (including phenoxy) is 1. The molecule has 2 aliphatic heterocycles. The van der Waals surface area contributed by atoms with E-state index < -0.39 is 0 Å². The fourth-order valence-corrected chi connectivity index (χ4v) is 3.10. The van der Waals surface area contributed by atoms with Gasteiger partial charge in [-0.05, 0) is 18.2 Å². The van der Waals surface area contributed by atoms with Crippen LogP contribution in [0.15, 0.2) is 60.8 Å². The highest BCUT2D eigenvalue weighted by molar-refractivity contribution is 6.02. The second-order valence-corrected chi connectivity index (χ2v) is 5.79. The van der Waals surface area contributed by atoms with Crippen molar-refractivity contribution in [3.8, 4) is 0 Å². The van der Waals surface area contributed by atoms with Gasteiger partial charge in [0.1, 0.15) is 0 Å². The molecule has 0 amide bonds.